The van der Waals surface area contributed by atoms with Crippen LogP contribution in [0.15, 0.2) is 12.4 Å². The molecule has 1 N–H and O–H groups in total. The third-order valence-electron chi connectivity index (χ3n) is 2.02. The topological polar surface area (TPSA) is 73.3 Å². The highest BCUT2D eigenvalue weighted by Gasteiger charge is 2.18. The van der Waals surface area contributed by atoms with E-state index < -0.39 is 5.97 Å². The summed E-state index contributed by atoms with van der Waals surface area (Å²) in [5.41, 5.74) is -0.0708. The Labute approximate surface area is 100 Å². The van der Waals surface area contributed by atoms with Crippen molar-refractivity contribution in [1.82, 2.24) is 9.97 Å². The highest BCUT2D eigenvalue weighted by molar-refractivity contribution is 5.86. The van der Waals surface area contributed by atoms with Gasteiger partial charge in [-0.1, -0.05) is 0 Å². The molecular weight excluding hydrogens is 222 g/mol. The van der Waals surface area contributed by atoms with Gasteiger partial charge >= 0.3 is 5.97 Å². The summed E-state index contributed by atoms with van der Waals surface area (Å²) in [7, 11) is 2.94. The van der Waals surface area contributed by atoms with Crippen LogP contribution in [0.5, 0.6) is 0 Å². The average Bonchev–Trinajstić information content (AvgIpc) is 2.28. The zero-order valence-corrected chi connectivity index (χ0v) is 10.5. The van der Waals surface area contributed by atoms with Gasteiger partial charge < -0.3 is 14.8 Å². The monoisotopic (exact) mass is 239 g/mol. The van der Waals surface area contributed by atoms with E-state index in [9.17, 15) is 4.79 Å². The molecule has 0 atom stereocenters. The van der Waals surface area contributed by atoms with E-state index in [4.69, 9.17) is 4.74 Å². The molecule has 0 amide bonds. The minimum absolute atomic E-state index is 0.183. The van der Waals surface area contributed by atoms with Crippen molar-refractivity contribution in [2.24, 2.45) is 0 Å². The molecule has 1 rings (SSSR count). The molecule has 94 valence electrons. The van der Waals surface area contributed by atoms with Gasteiger partial charge in [0, 0.05) is 7.11 Å². The van der Waals surface area contributed by atoms with E-state index in [0.29, 0.717) is 12.4 Å². The SMILES string of the molecule is COCC(C)(C)Nc1cnc(C(=O)OC)cn1. The lowest BCUT2D eigenvalue weighted by molar-refractivity contribution is 0.0593. The maximum Gasteiger partial charge on any atom is 0.358 e. The molecule has 1 heterocycles. The summed E-state index contributed by atoms with van der Waals surface area (Å²) in [4.78, 5) is 19.2. The Morgan fingerprint density at radius 1 is 1.35 bits per heavy atom. The van der Waals surface area contributed by atoms with Crippen LogP contribution in [0.3, 0.4) is 0 Å². The smallest absolute Gasteiger partial charge is 0.358 e. The first-order chi connectivity index (χ1) is 7.98. The summed E-state index contributed by atoms with van der Waals surface area (Å²) in [5.74, 6) is 0.0832. The van der Waals surface area contributed by atoms with Crippen LogP contribution in [0.1, 0.15) is 24.3 Å². The fourth-order valence-electron chi connectivity index (χ4n) is 1.35. The first-order valence-corrected chi connectivity index (χ1v) is 5.16. The maximum atomic E-state index is 11.1. The lowest BCUT2D eigenvalue weighted by Crippen LogP contribution is -2.36. The van der Waals surface area contributed by atoms with Gasteiger partial charge in [0.2, 0.25) is 0 Å². The number of anilines is 1. The van der Waals surface area contributed by atoms with E-state index in [1.54, 1.807) is 7.11 Å². The molecule has 0 aliphatic heterocycles. The Hall–Kier alpha value is -1.69. The zero-order valence-electron chi connectivity index (χ0n) is 10.5. The molecule has 0 aliphatic rings. The molecule has 0 aliphatic carbocycles. The summed E-state index contributed by atoms with van der Waals surface area (Å²) < 4.78 is 9.61. The largest absolute Gasteiger partial charge is 0.464 e. The van der Waals surface area contributed by atoms with Crippen LogP contribution >= 0.6 is 0 Å². The minimum atomic E-state index is -0.500. The van der Waals surface area contributed by atoms with Crippen molar-refractivity contribution in [3.63, 3.8) is 0 Å². The fourth-order valence-corrected chi connectivity index (χ4v) is 1.35. The van der Waals surface area contributed by atoms with Crippen LogP contribution in [-0.2, 0) is 9.47 Å². The number of nitrogens with zero attached hydrogens (tertiary/aromatic N) is 2. The van der Waals surface area contributed by atoms with Gasteiger partial charge in [-0.3, -0.25) is 0 Å². The maximum absolute atomic E-state index is 11.1. The molecule has 0 bridgehead atoms. The quantitative estimate of drug-likeness (QED) is 0.776. The second kappa shape index (κ2) is 5.58. The van der Waals surface area contributed by atoms with Crippen molar-refractivity contribution < 1.29 is 14.3 Å². The van der Waals surface area contributed by atoms with Crippen molar-refractivity contribution in [1.29, 1.82) is 0 Å². The standard InChI is InChI=1S/C11H17N3O3/c1-11(2,7-16-3)14-9-6-12-8(5-13-9)10(15)17-4/h5-6H,7H2,1-4H3,(H,13,14). The van der Waals surface area contributed by atoms with Crippen molar-refractivity contribution in [2.75, 3.05) is 26.1 Å². The van der Waals surface area contributed by atoms with Gasteiger partial charge in [-0.2, -0.15) is 0 Å². The predicted octanol–water partition coefficient (Wildman–Crippen LogP) is 1.10. The predicted molar refractivity (Wildman–Crippen MR) is 62.9 cm³/mol. The molecule has 0 radical (unpaired) electrons. The molecule has 0 aromatic carbocycles. The number of carbonyl (C=O) groups excluding carboxylic acids is 1. The van der Waals surface area contributed by atoms with Crippen molar-refractivity contribution >= 4 is 11.8 Å². The molecule has 0 saturated heterocycles. The molecule has 6 heteroatoms. The van der Waals surface area contributed by atoms with E-state index in [0.717, 1.165) is 0 Å². The van der Waals surface area contributed by atoms with E-state index >= 15 is 0 Å². The van der Waals surface area contributed by atoms with Crippen molar-refractivity contribution in [3.05, 3.63) is 18.1 Å². The van der Waals surface area contributed by atoms with E-state index in [2.05, 4.69) is 20.0 Å². The molecule has 0 spiro atoms. The van der Waals surface area contributed by atoms with Gasteiger partial charge in [0.15, 0.2) is 5.69 Å². The lowest BCUT2D eigenvalue weighted by Gasteiger charge is -2.25. The molecule has 0 fully saturated rings. The normalized spacial score (nSPS) is 11.1. The molecule has 1 aromatic rings. The van der Waals surface area contributed by atoms with Crippen LogP contribution in [-0.4, -0.2) is 42.3 Å². The van der Waals surface area contributed by atoms with Crippen molar-refractivity contribution in [2.45, 2.75) is 19.4 Å². The summed E-state index contributed by atoms with van der Waals surface area (Å²) >= 11 is 0. The number of carbonyl (C=O) groups is 1. The minimum Gasteiger partial charge on any atom is -0.464 e. The molecule has 0 saturated carbocycles. The molecular formula is C11H17N3O3. The average molecular weight is 239 g/mol. The van der Waals surface area contributed by atoms with Gasteiger partial charge in [0.1, 0.15) is 5.82 Å². The number of aromatic nitrogens is 2. The van der Waals surface area contributed by atoms with Gasteiger partial charge in [-0.05, 0) is 13.8 Å². The summed E-state index contributed by atoms with van der Waals surface area (Å²) in [5, 5.41) is 3.15. The van der Waals surface area contributed by atoms with Crippen LogP contribution < -0.4 is 5.32 Å². The zero-order chi connectivity index (χ0) is 12.9. The summed E-state index contributed by atoms with van der Waals surface area (Å²) in [6.07, 6.45) is 2.86. The van der Waals surface area contributed by atoms with Crippen LogP contribution in [0, 0.1) is 0 Å². The number of esters is 1. The lowest BCUT2D eigenvalue weighted by atomic mass is 10.1. The van der Waals surface area contributed by atoms with Gasteiger partial charge in [-0.25, -0.2) is 14.8 Å². The second-order valence-corrected chi connectivity index (χ2v) is 4.22. The molecule has 1 aromatic heterocycles. The summed E-state index contributed by atoms with van der Waals surface area (Å²) in [6, 6.07) is 0. The van der Waals surface area contributed by atoms with Gasteiger partial charge in [-0.15, -0.1) is 0 Å². The van der Waals surface area contributed by atoms with Crippen LogP contribution in [0.25, 0.3) is 0 Å². The molecule has 17 heavy (non-hydrogen) atoms. The first kappa shape index (κ1) is 13.4. The van der Waals surface area contributed by atoms with Gasteiger partial charge in [0.05, 0.1) is 31.6 Å². The Bertz CT molecular complexity index is 376. The Morgan fingerprint density at radius 3 is 2.53 bits per heavy atom. The summed E-state index contributed by atoms with van der Waals surface area (Å²) in [6.45, 7) is 4.49. The number of hydrogen-bond donors (Lipinski definition) is 1. The second-order valence-electron chi connectivity index (χ2n) is 4.22. The number of nitrogens with one attached hydrogen (secondary N) is 1. The Balaban J connectivity index is 2.71. The van der Waals surface area contributed by atoms with E-state index in [1.165, 1.54) is 19.5 Å². The first-order valence-electron chi connectivity index (χ1n) is 5.16. The fraction of sp³-hybridized carbons (Fsp3) is 0.545. The van der Waals surface area contributed by atoms with E-state index in [-0.39, 0.29) is 11.2 Å². The molecule has 0 unspecified atom stereocenters. The third kappa shape index (κ3) is 3.99. The number of methoxy groups -OCH3 is 2. The highest BCUT2D eigenvalue weighted by atomic mass is 16.5. The Morgan fingerprint density at radius 2 is 2.06 bits per heavy atom. The van der Waals surface area contributed by atoms with Crippen molar-refractivity contribution in [3.8, 4) is 0 Å². The third-order valence-corrected chi connectivity index (χ3v) is 2.02. The Kier molecular flexibility index (Phi) is 4.39. The van der Waals surface area contributed by atoms with Crippen LogP contribution in [0.4, 0.5) is 5.82 Å². The van der Waals surface area contributed by atoms with E-state index in [1.807, 2.05) is 13.8 Å². The number of rotatable bonds is 5. The number of hydrogen-bond acceptors (Lipinski definition) is 6. The highest BCUT2D eigenvalue weighted by Crippen LogP contribution is 2.12. The molecule has 6 nitrogen and oxygen atoms in total. The van der Waals surface area contributed by atoms with Gasteiger partial charge in [0.25, 0.3) is 0 Å². The van der Waals surface area contributed by atoms with Crippen LogP contribution in [0.2, 0.25) is 0 Å². The number of ether oxygens (including phenoxy) is 2.